The van der Waals surface area contributed by atoms with Gasteiger partial charge in [0, 0.05) is 38.1 Å². The number of nitrogens with zero attached hydrogens (tertiary/aromatic N) is 5. The van der Waals surface area contributed by atoms with E-state index >= 15 is 0 Å². The molecule has 1 fully saturated rings. The lowest BCUT2D eigenvalue weighted by Crippen LogP contribution is -2.50. The predicted molar refractivity (Wildman–Crippen MR) is 108 cm³/mol. The van der Waals surface area contributed by atoms with Crippen LogP contribution in [0.25, 0.3) is 22.3 Å². The molecule has 6 nitrogen and oxygen atoms in total. The quantitative estimate of drug-likeness (QED) is 0.609. The van der Waals surface area contributed by atoms with Gasteiger partial charge in [-0.05, 0) is 30.3 Å². The maximum atomic E-state index is 12.9. The largest absolute Gasteiger partial charge is 0.416 e. The first-order valence-corrected chi connectivity index (χ1v) is 9.34. The third kappa shape index (κ3) is 3.40. The Bertz CT molecular complexity index is 1110. The number of carbonyl (C=O) groups excluding carboxylic acids is 1. The van der Waals surface area contributed by atoms with Crippen LogP contribution in [0.15, 0.2) is 49.1 Å². The van der Waals surface area contributed by atoms with Crippen molar-refractivity contribution in [2.75, 3.05) is 32.1 Å². The van der Waals surface area contributed by atoms with Crippen molar-refractivity contribution >= 4 is 22.8 Å². The highest BCUT2D eigenvalue weighted by molar-refractivity contribution is 5.92. The van der Waals surface area contributed by atoms with Crippen LogP contribution >= 0.6 is 0 Å². The van der Waals surface area contributed by atoms with Crippen molar-refractivity contribution in [2.24, 2.45) is 0 Å². The molecular formula is C21H20F3N5O. The number of carbonyl (C=O) groups is 1. The van der Waals surface area contributed by atoms with Crippen LogP contribution in [0.1, 0.15) is 11.6 Å². The molecule has 2 aromatic heterocycles. The summed E-state index contributed by atoms with van der Waals surface area (Å²) < 4.78 is 40.5. The van der Waals surface area contributed by atoms with Gasteiger partial charge in [0.15, 0.2) is 5.65 Å². The molecule has 0 bridgehead atoms. The Morgan fingerprint density at radius 1 is 1.17 bits per heavy atom. The number of likely N-dealkylation sites (tertiary alicyclic amines) is 1. The first-order chi connectivity index (χ1) is 14.2. The minimum absolute atomic E-state index is 0.0653. The smallest absolute Gasteiger partial charge is 0.363 e. The lowest BCUT2D eigenvalue weighted by molar-refractivity contribution is -0.137. The molecule has 0 unspecified atom stereocenters. The number of alkyl halides is 3. The number of hydrogen-bond acceptors (Lipinski definition) is 4. The Morgan fingerprint density at radius 3 is 2.40 bits per heavy atom. The number of fused-ring (bicyclic) bond motifs is 1. The monoisotopic (exact) mass is 415 g/mol. The zero-order valence-corrected chi connectivity index (χ0v) is 16.5. The highest BCUT2D eigenvalue weighted by atomic mass is 19.4. The summed E-state index contributed by atoms with van der Waals surface area (Å²) in [5.74, 6) is 0.591. The average Bonchev–Trinajstić information content (AvgIpc) is 3.04. The fraction of sp³-hybridized carbons (Fsp3) is 0.286. The van der Waals surface area contributed by atoms with E-state index in [0.717, 1.165) is 23.3 Å². The molecule has 1 aromatic carbocycles. The molecule has 0 aliphatic carbocycles. The molecule has 0 atom stereocenters. The van der Waals surface area contributed by atoms with E-state index in [-0.39, 0.29) is 11.9 Å². The lowest BCUT2D eigenvalue weighted by atomic mass is 10.1. The van der Waals surface area contributed by atoms with Crippen LogP contribution in [0, 0.1) is 0 Å². The summed E-state index contributed by atoms with van der Waals surface area (Å²) in [4.78, 5) is 20.0. The van der Waals surface area contributed by atoms with Crippen LogP contribution in [-0.2, 0) is 11.0 Å². The summed E-state index contributed by atoms with van der Waals surface area (Å²) in [6, 6.07) is 8.59. The van der Waals surface area contributed by atoms with E-state index in [0.29, 0.717) is 30.0 Å². The van der Waals surface area contributed by atoms with Gasteiger partial charge in [-0.1, -0.05) is 18.7 Å². The van der Waals surface area contributed by atoms with Gasteiger partial charge in [0.25, 0.3) is 0 Å². The summed E-state index contributed by atoms with van der Waals surface area (Å²) in [5.41, 5.74) is 1.06. The molecule has 0 spiro atoms. The second-order valence-electron chi connectivity index (χ2n) is 7.40. The topological polar surface area (TPSA) is 54.3 Å². The van der Waals surface area contributed by atoms with Gasteiger partial charge in [-0.3, -0.25) is 4.79 Å². The molecule has 1 saturated heterocycles. The van der Waals surface area contributed by atoms with Gasteiger partial charge in [0.1, 0.15) is 11.5 Å². The van der Waals surface area contributed by atoms with Gasteiger partial charge >= 0.3 is 6.18 Å². The third-order valence-corrected chi connectivity index (χ3v) is 5.18. The van der Waals surface area contributed by atoms with Gasteiger partial charge < -0.3 is 9.80 Å². The second-order valence-corrected chi connectivity index (χ2v) is 7.40. The molecule has 0 radical (unpaired) electrons. The molecule has 1 aliphatic rings. The molecule has 3 heterocycles. The van der Waals surface area contributed by atoms with E-state index in [4.69, 9.17) is 4.98 Å². The molecule has 0 N–H and O–H groups in total. The third-order valence-electron chi connectivity index (χ3n) is 5.18. The first-order valence-electron chi connectivity index (χ1n) is 9.34. The summed E-state index contributed by atoms with van der Waals surface area (Å²) in [5, 5.41) is 5.43. The molecule has 9 heteroatoms. The van der Waals surface area contributed by atoms with Crippen molar-refractivity contribution in [1.82, 2.24) is 19.7 Å². The summed E-state index contributed by atoms with van der Waals surface area (Å²) in [6.45, 7) is 4.45. The van der Waals surface area contributed by atoms with Gasteiger partial charge in [-0.15, -0.1) is 0 Å². The minimum Gasteiger partial charge on any atom is -0.363 e. The summed E-state index contributed by atoms with van der Waals surface area (Å²) in [6.07, 6.45) is -3.12. The van der Waals surface area contributed by atoms with E-state index in [2.05, 4.69) is 11.7 Å². The van der Waals surface area contributed by atoms with Crippen molar-refractivity contribution in [1.29, 1.82) is 0 Å². The van der Waals surface area contributed by atoms with Crippen molar-refractivity contribution in [3.05, 3.63) is 54.6 Å². The average molecular weight is 415 g/mol. The number of rotatable bonds is 4. The Morgan fingerprint density at radius 2 is 1.83 bits per heavy atom. The first kappa shape index (κ1) is 19.9. The summed E-state index contributed by atoms with van der Waals surface area (Å²) >= 11 is 0. The maximum Gasteiger partial charge on any atom is 0.416 e. The van der Waals surface area contributed by atoms with E-state index < -0.39 is 11.7 Å². The zero-order chi connectivity index (χ0) is 21.6. The van der Waals surface area contributed by atoms with Crippen molar-refractivity contribution in [3.8, 4) is 11.3 Å². The Balaban J connectivity index is 1.77. The van der Waals surface area contributed by atoms with E-state index in [1.807, 2.05) is 31.1 Å². The number of aromatic nitrogens is 3. The van der Waals surface area contributed by atoms with Gasteiger partial charge in [0.2, 0.25) is 5.91 Å². The van der Waals surface area contributed by atoms with E-state index in [9.17, 15) is 18.0 Å². The number of hydrogen-bond donors (Lipinski definition) is 0. The fourth-order valence-electron chi connectivity index (χ4n) is 3.46. The SMILES string of the molecule is C=CC(=O)N1CC(n2nc(-c3ccc(C(F)(F)F)cc3)c3ccc(N(C)C)nc32)C1. The van der Waals surface area contributed by atoms with Gasteiger partial charge in [-0.2, -0.15) is 18.3 Å². The standard InChI is InChI=1S/C21H20F3N5O/c1-4-18(30)28-11-15(12-28)29-20-16(9-10-17(25-20)27(2)3)19(26-29)13-5-7-14(8-6-13)21(22,23)24/h4-10,15H,1,11-12H2,2-3H3. The molecule has 4 rings (SSSR count). The normalized spacial score (nSPS) is 14.6. The minimum atomic E-state index is -4.39. The zero-order valence-electron chi connectivity index (χ0n) is 16.5. The highest BCUT2D eigenvalue weighted by Gasteiger charge is 2.34. The van der Waals surface area contributed by atoms with Crippen LogP contribution in [-0.4, -0.2) is 52.8 Å². The van der Waals surface area contributed by atoms with Gasteiger partial charge in [0.05, 0.1) is 11.6 Å². The van der Waals surface area contributed by atoms with E-state index in [1.165, 1.54) is 18.2 Å². The molecule has 156 valence electrons. The molecule has 0 saturated carbocycles. The Hall–Kier alpha value is -3.36. The van der Waals surface area contributed by atoms with Gasteiger partial charge in [-0.25, -0.2) is 9.67 Å². The van der Waals surface area contributed by atoms with Crippen molar-refractivity contribution in [2.45, 2.75) is 12.2 Å². The number of pyridine rings is 1. The second kappa shape index (κ2) is 7.16. The molecule has 3 aromatic rings. The molecule has 1 amide bonds. The summed E-state index contributed by atoms with van der Waals surface area (Å²) in [7, 11) is 3.75. The maximum absolute atomic E-state index is 12.9. The van der Waals surface area contributed by atoms with Crippen LogP contribution in [0.2, 0.25) is 0 Å². The molecular weight excluding hydrogens is 395 g/mol. The number of halogens is 3. The fourth-order valence-corrected chi connectivity index (χ4v) is 3.46. The van der Waals surface area contributed by atoms with E-state index in [1.54, 1.807) is 9.58 Å². The van der Waals surface area contributed by atoms with Crippen molar-refractivity contribution in [3.63, 3.8) is 0 Å². The van der Waals surface area contributed by atoms with Crippen LogP contribution in [0.4, 0.5) is 19.0 Å². The highest BCUT2D eigenvalue weighted by Crippen LogP contribution is 2.35. The van der Waals surface area contributed by atoms with Crippen LogP contribution in [0.5, 0.6) is 0 Å². The number of anilines is 1. The van der Waals surface area contributed by atoms with Crippen LogP contribution in [0.3, 0.4) is 0 Å². The van der Waals surface area contributed by atoms with Crippen LogP contribution < -0.4 is 4.90 Å². The van der Waals surface area contributed by atoms with Crippen molar-refractivity contribution < 1.29 is 18.0 Å². The molecule has 1 aliphatic heterocycles. The Labute approximate surface area is 171 Å². The predicted octanol–water partition coefficient (Wildman–Crippen LogP) is 3.75. The number of benzene rings is 1. The Kier molecular flexibility index (Phi) is 4.76. The molecule has 30 heavy (non-hydrogen) atoms. The number of amides is 1. The lowest BCUT2D eigenvalue weighted by Gasteiger charge is -2.38.